The van der Waals surface area contributed by atoms with Gasteiger partial charge in [-0.3, -0.25) is 4.79 Å². The van der Waals surface area contributed by atoms with Crippen LogP contribution in [0.25, 0.3) is 0 Å². The molecule has 0 aromatic carbocycles. The van der Waals surface area contributed by atoms with E-state index < -0.39 is 0 Å². The van der Waals surface area contributed by atoms with Crippen molar-refractivity contribution in [3.63, 3.8) is 0 Å². The molecular weight excluding hydrogens is 188 g/mol. The van der Waals surface area contributed by atoms with Crippen molar-refractivity contribution in [1.29, 1.82) is 0 Å². The maximum absolute atomic E-state index is 11.7. The summed E-state index contributed by atoms with van der Waals surface area (Å²) < 4.78 is 5.38. The minimum atomic E-state index is 0.0940. The minimum absolute atomic E-state index is 0.0940. The first-order valence-electron chi connectivity index (χ1n) is 6.46. The van der Waals surface area contributed by atoms with Crippen molar-refractivity contribution in [2.75, 3.05) is 0 Å². The molecule has 0 aromatic rings. The maximum Gasteiger partial charge on any atom is 0.309 e. The van der Waals surface area contributed by atoms with Crippen molar-refractivity contribution in [2.45, 2.75) is 51.6 Å². The Labute approximate surface area is 91.4 Å². The van der Waals surface area contributed by atoms with Crippen LogP contribution in [0.3, 0.4) is 0 Å². The van der Waals surface area contributed by atoms with Crippen LogP contribution in [0.5, 0.6) is 0 Å². The van der Waals surface area contributed by atoms with E-state index in [4.69, 9.17) is 4.74 Å². The number of hydrogen-bond acceptors (Lipinski definition) is 2. The number of rotatable bonds is 0. The van der Waals surface area contributed by atoms with E-state index in [0.717, 1.165) is 18.3 Å². The highest BCUT2D eigenvalue weighted by molar-refractivity contribution is 5.75. The molecule has 2 aliphatic carbocycles. The SMILES string of the molecule is CC1OC(=O)[C@@H]2CC3CCCCC3CC12. The third-order valence-corrected chi connectivity index (χ3v) is 4.92. The van der Waals surface area contributed by atoms with Crippen LogP contribution in [0.4, 0.5) is 0 Å². The standard InChI is InChI=1S/C13H20O2/c1-8-11-6-9-4-2-3-5-10(9)7-12(11)13(14)15-8/h8-12H,2-7H2,1H3/t8?,9?,10?,11?,12-/m1/s1. The van der Waals surface area contributed by atoms with E-state index in [9.17, 15) is 4.79 Å². The fourth-order valence-corrected chi connectivity index (χ4v) is 4.07. The molecule has 3 rings (SSSR count). The first-order chi connectivity index (χ1) is 7.25. The Balaban J connectivity index is 1.78. The molecule has 1 saturated heterocycles. The van der Waals surface area contributed by atoms with E-state index in [-0.39, 0.29) is 18.0 Å². The van der Waals surface area contributed by atoms with Gasteiger partial charge in [-0.15, -0.1) is 0 Å². The monoisotopic (exact) mass is 208 g/mol. The molecule has 4 unspecified atom stereocenters. The predicted molar refractivity (Wildman–Crippen MR) is 57.2 cm³/mol. The van der Waals surface area contributed by atoms with Gasteiger partial charge in [0.15, 0.2) is 0 Å². The second kappa shape index (κ2) is 3.50. The highest BCUT2D eigenvalue weighted by Gasteiger charge is 2.48. The Morgan fingerprint density at radius 2 is 1.80 bits per heavy atom. The molecule has 2 heteroatoms. The van der Waals surface area contributed by atoms with Crippen LogP contribution in [0.2, 0.25) is 0 Å². The van der Waals surface area contributed by atoms with Crippen LogP contribution in [0.15, 0.2) is 0 Å². The molecule has 2 nitrogen and oxygen atoms in total. The summed E-state index contributed by atoms with van der Waals surface area (Å²) in [6, 6.07) is 0. The van der Waals surface area contributed by atoms with E-state index in [1.54, 1.807) is 0 Å². The second-order valence-electron chi connectivity index (χ2n) is 5.69. The van der Waals surface area contributed by atoms with Gasteiger partial charge >= 0.3 is 5.97 Å². The van der Waals surface area contributed by atoms with Crippen LogP contribution < -0.4 is 0 Å². The van der Waals surface area contributed by atoms with Crippen LogP contribution >= 0.6 is 0 Å². The molecule has 0 spiro atoms. The van der Waals surface area contributed by atoms with E-state index in [0.29, 0.717) is 5.92 Å². The van der Waals surface area contributed by atoms with Gasteiger partial charge in [0.05, 0.1) is 5.92 Å². The summed E-state index contributed by atoms with van der Waals surface area (Å²) in [5.74, 6) is 2.61. The highest BCUT2D eigenvalue weighted by atomic mass is 16.6. The van der Waals surface area contributed by atoms with Crippen molar-refractivity contribution in [3.8, 4) is 0 Å². The van der Waals surface area contributed by atoms with Crippen molar-refractivity contribution in [2.24, 2.45) is 23.7 Å². The fraction of sp³-hybridized carbons (Fsp3) is 0.923. The molecule has 0 aromatic heterocycles. The summed E-state index contributed by atoms with van der Waals surface area (Å²) in [4.78, 5) is 11.7. The summed E-state index contributed by atoms with van der Waals surface area (Å²) in [5, 5.41) is 0. The molecule has 0 N–H and O–H groups in total. The van der Waals surface area contributed by atoms with Gasteiger partial charge in [0.1, 0.15) is 6.10 Å². The zero-order chi connectivity index (χ0) is 10.4. The van der Waals surface area contributed by atoms with Gasteiger partial charge in [-0.1, -0.05) is 25.7 Å². The van der Waals surface area contributed by atoms with Crippen LogP contribution in [0, 0.1) is 23.7 Å². The third-order valence-electron chi connectivity index (χ3n) is 4.92. The Bertz CT molecular complexity index is 274. The Morgan fingerprint density at radius 1 is 1.13 bits per heavy atom. The number of carbonyl (C=O) groups excluding carboxylic acids is 1. The Kier molecular flexibility index (Phi) is 2.26. The van der Waals surface area contributed by atoms with Crippen molar-refractivity contribution >= 4 is 5.97 Å². The van der Waals surface area contributed by atoms with E-state index in [2.05, 4.69) is 6.92 Å². The summed E-state index contributed by atoms with van der Waals surface area (Å²) in [6.45, 7) is 2.08. The zero-order valence-corrected chi connectivity index (χ0v) is 9.45. The fourth-order valence-electron chi connectivity index (χ4n) is 4.07. The molecule has 84 valence electrons. The smallest absolute Gasteiger partial charge is 0.309 e. The lowest BCUT2D eigenvalue weighted by atomic mass is 9.63. The minimum Gasteiger partial charge on any atom is -0.462 e. The molecular formula is C13H20O2. The molecule has 5 atom stereocenters. The van der Waals surface area contributed by atoms with E-state index in [1.165, 1.54) is 32.1 Å². The molecule has 0 bridgehead atoms. The molecule has 2 saturated carbocycles. The normalized spacial score (nSPS) is 49.4. The average Bonchev–Trinajstić information content (AvgIpc) is 2.52. The largest absolute Gasteiger partial charge is 0.462 e. The lowest BCUT2D eigenvalue weighted by Gasteiger charge is -2.40. The van der Waals surface area contributed by atoms with Gasteiger partial charge in [-0.25, -0.2) is 0 Å². The second-order valence-corrected chi connectivity index (χ2v) is 5.69. The van der Waals surface area contributed by atoms with E-state index in [1.807, 2.05) is 0 Å². The lowest BCUT2D eigenvalue weighted by molar-refractivity contribution is -0.144. The van der Waals surface area contributed by atoms with Gasteiger partial charge in [-0.2, -0.15) is 0 Å². The van der Waals surface area contributed by atoms with Gasteiger partial charge < -0.3 is 4.74 Å². The average molecular weight is 208 g/mol. The van der Waals surface area contributed by atoms with Gasteiger partial charge in [0, 0.05) is 5.92 Å². The number of esters is 1. The number of cyclic esters (lactones) is 1. The first kappa shape index (κ1) is 9.68. The Hall–Kier alpha value is -0.530. The van der Waals surface area contributed by atoms with Gasteiger partial charge in [0.25, 0.3) is 0 Å². The first-order valence-corrected chi connectivity index (χ1v) is 6.46. The topological polar surface area (TPSA) is 26.3 Å². The maximum atomic E-state index is 11.7. The summed E-state index contributed by atoms with van der Waals surface area (Å²) in [7, 11) is 0. The molecule has 0 radical (unpaired) electrons. The zero-order valence-electron chi connectivity index (χ0n) is 9.45. The molecule has 3 aliphatic rings. The summed E-state index contributed by atoms with van der Waals surface area (Å²) in [6.07, 6.45) is 8.10. The Morgan fingerprint density at radius 3 is 2.53 bits per heavy atom. The number of fused-ring (bicyclic) bond motifs is 2. The van der Waals surface area contributed by atoms with Crippen molar-refractivity contribution < 1.29 is 9.53 Å². The van der Waals surface area contributed by atoms with Gasteiger partial charge in [0.2, 0.25) is 0 Å². The summed E-state index contributed by atoms with van der Waals surface area (Å²) >= 11 is 0. The molecule has 1 aliphatic heterocycles. The van der Waals surface area contributed by atoms with Crippen LogP contribution in [-0.2, 0) is 9.53 Å². The molecule has 0 amide bonds. The molecule has 1 heterocycles. The quantitative estimate of drug-likeness (QED) is 0.572. The third kappa shape index (κ3) is 1.49. The van der Waals surface area contributed by atoms with Gasteiger partial charge in [-0.05, 0) is 31.6 Å². The highest BCUT2D eigenvalue weighted by Crippen LogP contribution is 2.49. The molecule has 3 fully saturated rings. The summed E-state index contributed by atoms with van der Waals surface area (Å²) in [5.41, 5.74) is 0. The van der Waals surface area contributed by atoms with E-state index >= 15 is 0 Å². The van der Waals surface area contributed by atoms with Crippen LogP contribution in [0.1, 0.15) is 45.4 Å². The van der Waals surface area contributed by atoms with Crippen LogP contribution in [-0.4, -0.2) is 12.1 Å². The number of hydrogen-bond donors (Lipinski definition) is 0. The molecule has 15 heavy (non-hydrogen) atoms. The number of carbonyl (C=O) groups is 1. The predicted octanol–water partition coefficient (Wildman–Crippen LogP) is 2.76. The number of ether oxygens (including phenoxy) is 1. The van der Waals surface area contributed by atoms with Crippen molar-refractivity contribution in [1.82, 2.24) is 0 Å². The van der Waals surface area contributed by atoms with Crippen molar-refractivity contribution in [3.05, 3.63) is 0 Å². The lowest BCUT2D eigenvalue weighted by Crippen LogP contribution is -2.35.